The average molecular weight is 272 g/mol. The van der Waals surface area contributed by atoms with E-state index >= 15 is 0 Å². The Bertz CT molecular complexity index is 284. The molecule has 19 heavy (non-hydrogen) atoms. The fourth-order valence-corrected chi connectivity index (χ4v) is 1.53. The van der Waals surface area contributed by atoms with Crippen LogP contribution in [0.5, 0.6) is 0 Å². The smallest absolute Gasteiger partial charge is 0.306 e. The highest BCUT2D eigenvalue weighted by molar-refractivity contribution is 5.77. The maximum absolute atomic E-state index is 11.6. The number of ether oxygens (including phenoxy) is 2. The second-order valence-electron chi connectivity index (χ2n) is 5.62. The Kier molecular flexibility index (Phi) is 8.44. The molecule has 0 aliphatic rings. The third kappa shape index (κ3) is 7.85. The van der Waals surface area contributed by atoms with Crippen LogP contribution in [0.15, 0.2) is 0 Å². The molecule has 0 spiro atoms. The van der Waals surface area contributed by atoms with E-state index in [9.17, 15) is 9.59 Å². The van der Waals surface area contributed by atoms with E-state index in [4.69, 9.17) is 9.47 Å². The van der Waals surface area contributed by atoms with Gasteiger partial charge in [0.1, 0.15) is 12.2 Å². The van der Waals surface area contributed by atoms with Crippen molar-refractivity contribution >= 4 is 11.9 Å². The summed E-state index contributed by atoms with van der Waals surface area (Å²) in [4.78, 5) is 23.1. The maximum Gasteiger partial charge on any atom is 0.306 e. The van der Waals surface area contributed by atoms with Crippen LogP contribution in [-0.4, -0.2) is 24.1 Å². The second kappa shape index (κ2) is 8.94. The van der Waals surface area contributed by atoms with Crippen LogP contribution in [0.25, 0.3) is 0 Å². The van der Waals surface area contributed by atoms with E-state index < -0.39 is 0 Å². The van der Waals surface area contributed by atoms with Crippen molar-refractivity contribution in [1.29, 1.82) is 0 Å². The van der Waals surface area contributed by atoms with Crippen LogP contribution in [-0.2, 0) is 19.1 Å². The quantitative estimate of drug-likeness (QED) is 0.636. The zero-order valence-corrected chi connectivity index (χ0v) is 13.1. The van der Waals surface area contributed by atoms with Crippen LogP contribution in [0.4, 0.5) is 0 Å². The lowest BCUT2D eigenvalue weighted by atomic mass is 10.1. The molecule has 4 nitrogen and oxygen atoms in total. The molecule has 0 rings (SSSR count). The van der Waals surface area contributed by atoms with Gasteiger partial charge in [-0.3, -0.25) is 9.59 Å². The van der Waals surface area contributed by atoms with Gasteiger partial charge >= 0.3 is 11.9 Å². The summed E-state index contributed by atoms with van der Waals surface area (Å²) in [6.45, 7) is 11.8. The molecule has 0 bridgehead atoms. The van der Waals surface area contributed by atoms with Gasteiger partial charge in [0.2, 0.25) is 0 Å². The lowest BCUT2D eigenvalue weighted by Crippen LogP contribution is -2.24. The molecule has 0 saturated heterocycles. The molecule has 2 atom stereocenters. The van der Waals surface area contributed by atoms with Crippen molar-refractivity contribution in [3.8, 4) is 0 Å². The summed E-state index contributed by atoms with van der Waals surface area (Å²) in [5, 5.41) is 0. The maximum atomic E-state index is 11.6. The van der Waals surface area contributed by atoms with E-state index in [0.717, 1.165) is 6.42 Å². The van der Waals surface area contributed by atoms with Gasteiger partial charge in [0.25, 0.3) is 0 Å². The van der Waals surface area contributed by atoms with E-state index in [2.05, 4.69) is 0 Å². The minimum absolute atomic E-state index is 0.0712. The lowest BCUT2D eigenvalue weighted by molar-refractivity contribution is -0.157. The van der Waals surface area contributed by atoms with Crippen molar-refractivity contribution in [3.05, 3.63) is 0 Å². The third-order valence-corrected chi connectivity index (χ3v) is 3.22. The molecule has 0 aromatic heterocycles. The van der Waals surface area contributed by atoms with Gasteiger partial charge in [-0.25, -0.2) is 0 Å². The third-order valence-electron chi connectivity index (χ3n) is 3.22. The number of rotatable bonds is 8. The molecular formula is C15H28O4. The fourth-order valence-electron chi connectivity index (χ4n) is 1.53. The predicted molar refractivity (Wildman–Crippen MR) is 74.6 cm³/mol. The Hall–Kier alpha value is -1.06. The van der Waals surface area contributed by atoms with Crippen molar-refractivity contribution in [2.45, 2.75) is 73.0 Å². The van der Waals surface area contributed by atoms with Gasteiger partial charge < -0.3 is 9.47 Å². The molecule has 4 heteroatoms. The van der Waals surface area contributed by atoms with Gasteiger partial charge in [0, 0.05) is 0 Å². The first-order valence-corrected chi connectivity index (χ1v) is 7.16. The summed E-state index contributed by atoms with van der Waals surface area (Å²) < 4.78 is 10.5. The Morgan fingerprint density at radius 2 is 1.32 bits per heavy atom. The first kappa shape index (κ1) is 17.9. The van der Waals surface area contributed by atoms with Gasteiger partial charge in [-0.15, -0.1) is 0 Å². The summed E-state index contributed by atoms with van der Waals surface area (Å²) in [6.07, 6.45) is 0.774. The lowest BCUT2D eigenvalue weighted by Gasteiger charge is -2.20. The highest BCUT2D eigenvalue weighted by Crippen LogP contribution is 2.12. The van der Waals surface area contributed by atoms with Crippen molar-refractivity contribution in [2.24, 2.45) is 11.8 Å². The molecule has 0 aromatic carbocycles. The summed E-state index contributed by atoms with van der Waals surface area (Å²) in [7, 11) is 0. The molecule has 0 amide bonds. The molecular weight excluding hydrogens is 244 g/mol. The van der Waals surface area contributed by atoms with Gasteiger partial charge in [-0.1, -0.05) is 34.6 Å². The fraction of sp³-hybridized carbons (Fsp3) is 0.867. The number of hydrogen-bond acceptors (Lipinski definition) is 4. The van der Waals surface area contributed by atoms with Crippen molar-refractivity contribution in [1.82, 2.24) is 0 Å². The zero-order chi connectivity index (χ0) is 15.0. The molecule has 0 fully saturated rings. The monoisotopic (exact) mass is 272 g/mol. The molecule has 0 saturated carbocycles. The highest BCUT2D eigenvalue weighted by Gasteiger charge is 2.18. The van der Waals surface area contributed by atoms with Crippen LogP contribution in [0.3, 0.4) is 0 Å². The predicted octanol–water partition coefficient (Wildman–Crippen LogP) is 3.33. The standard InChI is InChI=1S/C15H28O4/c1-7-13(11(4)5)19-15(17)9-8-14(16)18-12(6)10(2)3/h10-13H,7-9H2,1-6H3. The Morgan fingerprint density at radius 1 is 0.842 bits per heavy atom. The largest absolute Gasteiger partial charge is 0.462 e. The Morgan fingerprint density at radius 3 is 1.68 bits per heavy atom. The Balaban J connectivity index is 3.99. The topological polar surface area (TPSA) is 52.6 Å². The molecule has 0 aliphatic carbocycles. The molecule has 0 N–H and O–H groups in total. The normalized spacial score (nSPS) is 14.3. The van der Waals surface area contributed by atoms with Gasteiger partial charge in [0.05, 0.1) is 12.8 Å². The Labute approximate surface area is 116 Å². The molecule has 0 aliphatic heterocycles. The highest BCUT2D eigenvalue weighted by atomic mass is 16.6. The van der Waals surface area contributed by atoms with E-state index in [-0.39, 0.29) is 42.9 Å². The van der Waals surface area contributed by atoms with E-state index in [1.165, 1.54) is 0 Å². The number of carbonyl (C=O) groups is 2. The first-order chi connectivity index (χ1) is 8.77. The van der Waals surface area contributed by atoms with Gasteiger partial charge in [-0.05, 0) is 25.2 Å². The van der Waals surface area contributed by atoms with E-state index in [1.54, 1.807) is 0 Å². The van der Waals surface area contributed by atoms with Gasteiger partial charge in [-0.2, -0.15) is 0 Å². The number of hydrogen-bond donors (Lipinski definition) is 0. The van der Waals surface area contributed by atoms with Crippen LogP contribution in [0.2, 0.25) is 0 Å². The minimum Gasteiger partial charge on any atom is -0.462 e. The van der Waals surface area contributed by atoms with Crippen LogP contribution in [0, 0.1) is 11.8 Å². The SMILES string of the molecule is CCC(OC(=O)CCC(=O)OC(C)C(C)C)C(C)C. The summed E-state index contributed by atoms with van der Waals surface area (Å²) in [6, 6.07) is 0. The molecule has 2 unspecified atom stereocenters. The van der Waals surface area contributed by atoms with Crippen LogP contribution in [0.1, 0.15) is 60.8 Å². The average Bonchev–Trinajstić information content (AvgIpc) is 2.32. The summed E-state index contributed by atoms with van der Waals surface area (Å²) in [5.74, 6) is -0.0892. The minimum atomic E-state index is -0.337. The molecule has 0 heterocycles. The van der Waals surface area contributed by atoms with Crippen molar-refractivity contribution in [3.63, 3.8) is 0 Å². The number of carbonyl (C=O) groups excluding carboxylic acids is 2. The van der Waals surface area contributed by atoms with E-state index in [0.29, 0.717) is 5.92 Å². The van der Waals surface area contributed by atoms with E-state index in [1.807, 2.05) is 41.5 Å². The van der Waals surface area contributed by atoms with Gasteiger partial charge in [0.15, 0.2) is 0 Å². The number of esters is 2. The first-order valence-electron chi connectivity index (χ1n) is 7.16. The summed E-state index contributed by atoms with van der Waals surface area (Å²) in [5.41, 5.74) is 0. The van der Waals surface area contributed by atoms with Crippen molar-refractivity contribution < 1.29 is 19.1 Å². The molecule has 0 radical (unpaired) electrons. The zero-order valence-electron chi connectivity index (χ0n) is 13.1. The molecule has 0 aromatic rings. The summed E-state index contributed by atoms with van der Waals surface area (Å²) >= 11 is 0. The second-order valence-corrected chi connectivity index (χ2v) is 5.62. The van der Waals surface area contributed by atoms with Crippen molar-refractivity contribution in [2.75, 3.05) is 0 Å². The van der Waals surface area contributed by atoms with Crippen LogP contribution >= 0.6 is 0 Å². The van der Waals surface area contributed by atoms with Crippen LogP contribution < -0.4 is 0 Å². The molecule has 112 valence electrons.